The molecule has 0 nitrogen and oxygen atoms in total. The molecular weight excluding hydrogens is 146 g/mol. The molecule has 51 valence electrons. The van der Waals surface area contributed by atoms with E-state index in [4.69, 9.17) is 0 Å². The number of hydrogen-bond donors (Lipinski definition) is 1. The zero-order valence-corrected chi connectivity index (χ0v) is 6.53. The first-order chi connectivity index (χ1) is 4.74. The molecule has 3 heteroatoms. The summed E-state index contributed by atoms with van der Waals surface area (Å²) in [5.41, 5.74) is 1.46. The van der Waals surface area contributed by atoms with E-state index in [0.717, 1.165) is 5.46 Å². The summed E-state index contributed by atoms with van der Waals surface area (Å²) in [7, 11) is 0. The largest absolute Gasteiger partial charge is 0.228 e. The minimum absolute atomic E-state index is 0.178. The van der Waals surface area contributed by atoms with Crippen molar-refractivity contribution in [2.75, 3.05) is 0 Å². The Morgan fingerprint density at radius 1 is 1.50 bits per heavy atom. The van der Waals surface area contributed by atoms with Gasteiger partial charge in [0.15, 0.2) is 0 Å². The summed E-state index contributed by atoms with van der Waals surface area (Å²) in [6.07, 6.45) is 0. The number of halogens is 1. The van der Waals surface area contributed by atoms with Crippen LogP contribution in [0.25, 0.3) is 0 Å². The van der Waals surface area contributed by atoms with Crippen molar-refractivity contribution in [1.82, 2.24) is 0 Å². The summed E-state index contributed by atoms with van der Waals surface area (Å²) in [5, 5.41) is 0. The highest BCUT2D eigenvalue weighted by Gasteiger charge is 1.97. The van der Waals surface area contributed by atoms with Gasteiger partial charge in [-0.05, 0) is 18.6 Å². The Balaban J connectivity index is 3.04. The molecule has 0 unspecified atom stereocenters. The van der Waals surface area contributed by atoms with E-state index in [1.165, 1.54) is 6.07 Å². The van der Waals surface area contributed by atoms with Gasteiger partial charge in [-0.3, -0.25) is 0 Å². The lowest BCUT2D eigenvalue weighted by Gasteiger charge is -1.97. The van der Waals surface area contributed by atoms with Crippen molar-refractivity contribution in [1.29, 1.82) is 0 Å². The molecule has 0 amide bonds. The quantitative estimate of drug-likeness (QED) is 0.456. The predicted molar refractivity (Wildman–Crippen MR) is 45.5 cm³/mol. The second-order valence-corrected chi connectivity index (χ2v) is 2.40. The molecule has 0 N–H and O–H groups in total. The Hall–Kier alpha value is -0.435. The van der Waals surface area contributed by atoms with Gasteiger partial charge in [0.05, 0.1) is 0 Å². The van der Waals surface area contributed by atoms with Crippen LogP contribution in [0.2, 0.25) is 0 Å². The molecule has 0 saturated carbocycles. The van der Waals surface area contributed by atoms with Crippen LogP contribution in [0.3, 0.4) is 0 Å². The molecule has 0 atom stereocenters. The number of aryl methyl sites for hydroxylation is 1. The molecule has 0 saturated heterocycles. The van der Waals surface area contributed by atoms with Crippen molar-refractivity contribution < 1.29 is 4.39 Å². The Morgan fingerprint density at radius 2 is 2.20 bits per heavy atom. The molecule has 0 bridgehead atoms. The number of thiol groups is 1. The second-order valence-electron chi connectivity index (χ2n) is 2.14. The van der Waals surface area contributed by atoms with Gasteiger partial charge in [0, 0.05) is 0 Å². The van der Waals surface area contributed by atoms with E-state index in [1.807, 2.05) is 6.07 Å². The van der Waals surface area contributed by atoms with Crippen molar-refractivity contribution >= 4 is 24.5 Å². The van der Waals surface area contributed by atoms with Crippen molar-refractivity contribution in [3.8, 4) is 0 Å². The lowest BCUT2D eigenvalue weighted by molar-refractivity contribution is 0.619. The molecule has 0 heterocycles. The molecular formula is C7H7BFS. The van der Waals surface area contributed by atoms with Gasteiger partial charge in [-0.2, -0.15) is 0 Å². The Kier molecular flexibility index (Phi) is 2.38. The minimum Gasteiger partial charge on any atom is -0.228 e. The SMILES string of the molecule is Cc1ccc([B]S)cc1F. The molecule has 0 aliphatic heterocycles. The molecule has 1 radical (unpaired) electrons. The van der Waals surface area contributed by atoms with Gasteiger partial charge in [0.2, 0.25) is 6.56 Å². The fraction of sp³-hybridized carbons (Fsp3) is 0.143. The third kappa shape index (κ3) is 1.54. The van der Waals surface area contributed by atoms with Crippen LogP contribution < -0.4 is 5.46 Å². The summed E-state index contributed by atoms with van der Waals surface area (Å²) < 4.78 is 12.7. The Bertz CT molecular complexity index is 237. The van der Waals surface area contributed by atoms with Crippen molar-refractivity contribution in [3.63, 3.8) is 0 Å². The van der Waals surface area contributed by atoms with Crippen molar-refractivity contribution in [2.45, 2.75) is 6.92 Å². The molecule has 0 aliphatic carbocycles. The van der Waals surface area contributed by atoms with E-state index >= 15 is 0 Å². The molecule has 1 rings (SSSR count). The van der Waals surface area contributed by atoms with Gasteiger partial charge in [-0.25, -0.2) is 16.9 Å². The molecule has 0 fully saturated rings. The Labute approximate surface area is 66.0 Å². The van der Waals surface area contributed by atoms with Crippen molar-refractivity contribution in [2.24, 2.45) is 0 Å². The molecule has 10 heavy (non-hydrogen) atoms. The first-order valence-electron chi connectivity index (χ1n) is 2.97. The zero-order chi connectivity index (χ0) is 7.56. The summed E-state index contributed by atoms with van der Waals surface area (Å²) in [6.45, 7) is 3.31. The van der Waals surface area contributed by atoms with Gasteiger partial charge in [0.1, 0.15) is 5.82 Å². The molecule has 0 aromatic heterocycles. The van der Waals surface area contributed by atoms with E-state index in [0.29, 0.717) is 5.56 Å². The summed E-state index contributed by atoms with van der Waals surface area (Å²) >= 11 is 3.90. The molecule has 1 aromatic rings. The van der Waals surface area contributed by atoms with Crippen LogP contribution in [-0.2, 0) is 0 Å². The maximum absolute atomic E-state index is 12.7. The van der Waals surface area contributed by atoms with Crippen LogP contribution in [0.15, 0.2) is 18.2 Å². The van der Waals surface area contributed by atoms with Gasteiger partial charge >= 0.3 is 0 Å². The van der Waals surface area contributed by atoms with Gasteiger partial charge in [-0.1, -0.05) is 17.6 Å². The van der Waals surface area contributed by atoms with E-state index in [1.54, 1.807) is 19.5 Å². The third-order valence-corrected chi connectivity index (χ3v) is 1.64. The minimum atomic E-state index is -0.178. The first-order valence-corrected chi connectivity index (χ1v) is 3.49. The Morgan fingerprint density at radius 3 is 2.70 bits per heavy atom. The highest BCUT2D eigenvalue weighted by molar-refractivity contribution is 8.08. The second kappa shape index (κ2) is 3.10. The topological polar surface area (TPSA) is 0 Å². The van der Waals surface area contributed by atoms with E-state index in [9.17, 15) is 4.39 Å². The predicted octanol–water partition coefficient (Wildman–Crippen LogP) is 1.31. The average molecular weight is 153 g/mol. The molecule has 0 aliphatic rings. The summed E-state index contributed by atoms with van der Waals surface area (Å²) in [4.78, 5) is 0. The average Bonchev–Trinajstić information content (AvgIpc) is 1.95. The van der Waals surface area contributed by atoms with Gasteiger partial charge in [0.25, 0.3) is 0 Å². The normalized spacial score (nSPS) is 9.50. The highest BCUT2D eigenvalue weighted by Crippen LogP contribution is 2.01. The summed E-state index contributed by atoms with van der Waals surface area (Å²) in [5.74, 6) is -0.178. The zero-order valence-electron chi connectivity index (χ0n) is 5.63. The van der Waals surface area contributed by atoms with Crippen LogP contribution in [0.4, 0.5) is 4.39 Å². The van der Waals surface area contributed by atoms with Crippen LogP contribution >= 0.6 is 12.5 Å². The van der Waals surface area contributed by atoms with Gasteiger partial charge in [-0.15, -0.1) is 0 Å². The molecule has 1 aromatic carbocycles. The van der Waals surface area contributed by atoms with Crippen molar-refractivity contribution in [3.05, 3.63) is 29.6 Å². The maximum atomic E-state index is 12.7. The number of rotatable bonds is 1. The van der Waals surface area contributed by atoms with E-state index < -0.39 is 0 Å². The smallest absolute Gasteiger partial charge is 0.225 e. The third-order valence-electron chi connectivity index (χ3n) is 1.34. The van der Waals surface area contributed by atoms with Crippen LogP contribution in [0, 0.1) is 12.7 Å². The first kappa shape index (κ1) is 7.67. The van der Waals surface area contributed by atoms with E-state index in [-0.39, 0.29) is 5.82 Å². The van der Waals surface area contributed by atoms with Gasteiger partial charge < -0.3 is 0 Å². The monoisotopic (exact) mass is 153 g/mol. The maximum Gasteiger partial charge on any atom is 0.225 e. The lowest BCUT2D eigenvalue weighted by Crippen LogP contribution is -2.09. The van der Waals surface area contributed by atoms with E-state index in [2.05, 4.69) is 12.5 Å². The van der Waals surface area contributed by atoms with Crippen LogP contribution in [-0.4, -0.2) is 6.56 Å². The highest BCUT2D eigenvalue weighted by atomic mass is 32.1. The molecule has 0 spiro atoms. The van der Waals surface area contributed by atoms with Crippen LogP contribution in [0.1, 0.15) is 5.56 Å². The number of benzene rings is 1. The number of hydrogen-bond acceptors (Lipinski definition) is 1. The lowest BCUT2D eigenvalue weighted by atomic mass is 9.93. The van der Waals surface area contributed by atoms with Crippen LogP contribution in [0.5, 0.6) is 0 Å². The summed E-state index contributed by atoms with van der Waals surface area (Å²) in [6, 6.07) is 5.02. The standard InChI is InChI=1S/C7H7BFS/c1-5-2-3-6(8-10)4-7(5)9/h2-4,10H,1H3. The fourth-order valence-corrected chi connectivity index (χ4v) is 0.850. The fourth-order valence-electron chi connectivity index (χ4n) is 0.689.